The third-order valence-corrected chi connectivity index (χ3v) is 4.27. The third kappa shape index (κ3) is 3.66. The number of amides is 3. The van der Waals surface area contributed by atoms with Crippen LogP contribution in [0, 0.1) is 21.4 Å². The van der Waals surface area contributed by atoms with Crippen LogP contribution in [-0.2, 0) is 4.79 Å². The summed E-state index contributed by atoms with van der Waals surface area (Å²) in [5.41, 5.74) is 0.00167. The number of aromatic carboxylic acids is 1. The zero-order chi connectivity index (χ0) is 22.9. The fraction of sp³-hybridized carbons (Fsp3) is 0. The first-order chi connectivity index (χ1) is 14.6. The molecule has 12 heteroatoms. The van der Waals surface area contributed by atoms with E-state index in [2.05, 4.69) is 0 Å². The van der Waals surface area contributed by atoms with Gasteiger partial charge in [0.1, 0.15) is 11.8 Å². The fourth-order valence-corrected chi connectivity index (χ4v) is 2.73. The molecule has 1 aliphatic heterocycles. The van der Waals surface area contributed by atoms with Crippen molar-refractivity contribution in [2.24, 2.45) is 0 Å². The second-order valence-corrected chi connectivity index (χ2v) is 6.09. The van der Waals surface area contributed by atoms with Crippen LogP contribution < -0.4 is 5.43 Å². The van der Waals surface area contributed by atoms with Crippen LogP contribution >= 0.6 is 0 Å². The smallest absolute Gasteiger partial charge is 0.335 e. The van der Waals surface area contributed by atoms with Gasteiger partial charge >= 0.3 is 5.97 Å². The number of aliphatic hydroxyl groups is 1. The summed E-state index contributed by atoms with van der Waals surface area (Å²) >= 11 is 0. The number of aliphatic hydroxyl groups excluding tert-OH is 1. The van der Waals surface area contributed by atoms with Crippen LogP contribution in [-0.4, -0.2) is 43.8 Å². The molecule has 3 amide bonds. The summed E-state index contributed by atoms with van der Waals surface area (Å²) < 4.78 is 0. The molecule has 12 nitrogen and oxygen atoms in total. The number of rotatable bonds is 5. The lowest BCUT2D eigenvalue weighted by atomic mass is 10.1. The number of benzene rings is 2. The van der Waals surface area contributed by atoms with Gasteiger partial charge in [0.15, 0.2) is 5.57 Å². The van der Waals surface area contributed by atoms with E-state index in [-0.39, 0.29) is 27.9 Å². The van der Waals surface area contributed by atoms with Gasteiger partial charge in [0.2, 0.25) is 0 Å². The molecule has 154 valence electrons. The summed E-state index contributed by atoms with van der Waals surface area (Å²) in [6.45, 7) is 0. The zero-order valence-corrected chi connectivity index (χ0v) is 15.2. The molecule has 1 heterocycles. The van der Waals surface area contributed by atoms with Gasteiger partial charge in [-0.1, -0.05) is 0 Å². The first kappa shape index (κ1) is 20.7. The minimum absolute atomic E-state index is 0.0919. The second kappa shape index (κ2) is 7.76. The minimum atomic E-state index is -1.33. The Labute approximate surface area is 172 Å². The summed E-state index contributed by atoms with van der Waals surface area (Å²) in [4.78, 5) is 58.4. The van der Waals surface area contributed by atoms with Gasteiger partial charge in [0, 0.05) is 17.7 Å². The monoisotopic (exact) mass is 422 g/mol. The van der Waals surface area contributed by atoms with Gasteiger partial charge in [-0.25, -0.2) is 4.79 Å². The van der Waals surface area contributed by atoms with Crippen molar-refractivity contribution in [2.75, 3.05) is 0 Å². The number of imide groups is 1. The molecule has 0 unspecified atom stereocenters. The summed E-state index contributed by atoms with van der Waals surface area (Å²) in [6, 6.07) is 8.93. The predicted octanol–water partition coefficient (Wildman–Crippen LogP) is 1.41. The molecule has 0 aromatic heterocycles. The number of carbonyl (C=O) groups is 4. The Morgan fingerprint density at radius 2 is 1.58 bits per heavy atom. The average molecular weight is 422 g/mol. The molecule has 2 aromatic rings. The van der Waals surface area contributed by atoms with Crippen molar-refractivity contribution in [3.8, 4) is 6.07 Å². The molecule has 0 saturated heterocycles. The van der Waals surface area contributed by atoms with Crippen molar-refractivity contribution >= 4 is 35.1 Å². The molecule has 31 heavy (non-hydrogen) atoms. The maximum atomic E-state index is 12.4. The van der Waals surface area contributed by atoms with Crippen molar-refractivity contribution in [3.63, 3.8) is 0 Å². The zero-order valence-electron chi connectivity index (χ0n) is 15.2. The van der Waals surface area contributed by atoms with E-state index in [1.807, 2.05) is 5.43 Å². The topological polar surface area (TPSA) is 191 Å². The molecule has 0 fully saturated rings. The molecule has 0 radical (unpaired) electrons. The van der Waals surface area contributed by atoms with E-state index in [1.54, 1.807) is 0 Å². The van der Waals surface area contributed by atoms with E-state index in [0.29, 0.717) is 5.01 Å². The van der Waals surface area contributed by atoms with Crippen LogP contribution in [0.3, 0.4) is 0 Å². The number of nitrogens with one attached hydrogen (secondary N) is 1. The van der Waals surface area contributed by atoms with Crippen LogP contribution in [0.1, 0.15) is 36.6 Å². The molecule has 1 aliphatic rings. The Hall–Kier alpha value is -5.05. The average Bonchev–Trinajstić information content (AvgIpc) is 2.98. The van der Waals surface area contributed by atoms with Crippen molar-refractivity contribution < 1.29 is 34.3 Å². The summed E-state index contributed by atoms with van der Waals surface area (Å²) in [5.74, 6) is -5.44. The molecule has 0 atom stereocenters. The van der Waals surface area contributed by atoms with E-state index in [9.17, 15) is 39.7 Å². The van der Waals surface area contributed by atoms with Gasteiger partial charge in [-0.3, -0.25) is 29.9 Å². The number of nitrogens with zero attached hydrogens (tertiary/aromatic N) is 3. The van der Waals surface area contributed by atoms with Gasteiger partial charge in [-0.2, -0.15) is 10.3 Å². The number of nitro groups is 1. The van der Waals surface area contributed by atoms with Crippen LogP contribution in [0.15, 0.2) is 48.0 Å². The van der Waals surface area contributed by atoms with Gasteiger partial charge in [-0.05, 0) is 30.3 Å². The molecule has 0 bridgehead atoms. The van der Waals surface area contributed by atoms with Gasteiger partial charge in [-0.15, -0.1) is 0 Å². The van der Waals surface area contributed by atoms with Gasteiger partial charge in [0.25, 0.3) is 23.4 Å². The Morgan fingerprint density at radius 1 is 1.00 bits per heavy atom. The highest BCUT2D eigenvalue weighted by atomic mass is 16.6. The summed E-state index contributed by atoms with van der Waals surface area (Å²) in [7, 11) is 0. The van der Waals surface area contributed by atoms with Crippen LogP contribution in [0.5, 0.6) is 0 Å². The first-order valence-electron chi connectivity index (χ1n) is 8.31. The fourth-order valence-electron chi connectivity index (χ4n) is 2.73. The maximum absolute atomic E-state index is 12.4. The maximum Gasteiger partial charge on any atom is 0.335 e. The van der Waals surface area contributed by atoms with E-state index in [0.717, 1.165) is 42.5 Å². The lowest BCUT2D eigenvalue weighted by Gasteiger charge is -2.15. The second-order valence-electron chi connectivity index (χ2n) is 6.09. The van der Waals surface area contributed by atoms with Gasteiger partial charge < -0.3 is 10.2 Å². The number of carboxylic acid groups (broad SMARTS) is 1. The van der Waals surface area contributed by atoms with E-state index >= 15 is 0 Å². The normalized spacial score (nSPS) is 13.2. The molecule has 0 aliphatic carbocycles. The number of carbonyl (C=O) groups excluding carboxylic acids is 3. The molecular weight excluding hydrogens is 412 g/mol. The van der Waals surface area contributed by atoms with Crippen LogP contribution in [0.2, 0.25) is 0 Å². The highest BCUT2D eigenvalue weighted by Crippen LogP contribution is 2.24. The van der Waals surface area contributed by atoms with Crippen molar-refractivity contribution in [2.45, 2.75) is 0 Å². The number of hydrogen-bond donors (Lipinski definition) is 3. The number of carboxylic acids is 1. The van der Waals surface area contributed by atoms with Gasteiger partial charge in [0.05, 0.1) is 21.6 Å². The standard InChI is InChI=1S/C19H10N4O8/c20-8-14(15(24)9-1-4-11(5-2-9)23(30)31)16(25)21-22-17(26)12-6-3-10(19(28)29)7-13(12)18(22)27/h1-7,24H,(H,21,25)(H,28,29). The number of nitro benzene ring substituents is 1. The Balaban J connectivity index is 1.88. The van der Waals surface area contributed by atoms with E-state index < -0.39 is 39.9 Å². The Morgan fingerprint density at radius 3 is 2.13 bits per heavy atom. The number of nitriles is 1. The van der Waals surface area contributed by atoms with E-state index in [4.69, 9.17) is 5.11 Å². The van der Waals surface area contributed by atoms with Crippen molar-refractivity contribution in [1.82, 2.24) is 10.4 Å². The molecule has 0 spiro atoms. The lowest BCUT2D eigenvalue weighted by molar-refractivity contribution is -0.384. The highest BCUT2D eigenvalue weighted by molar-refractivity contribution is 6.23. The number of hydrazine groups is 1. The molecule has 0 saturated carbocycles. The molecular formula is C19H10N4O8. The van der Waals surface area contributed by atoms with Crippen molar-refractivity contribution in [3.05, 3.63) is 80.4 Å². The first-order valence-corrected chi connectivity index (χ1v) is 8.31. The van der Waals surface area contributed by atoms with E-state index in [1.165, 1.54) is 6.07 Å². The Kier molecular flexibility index (Phi) is 5.17. The minimum Gasteiger partial charge on any atom is -0.506 e. The van der Waals surface area contributed by atoms with Crippen LogP contribution in [0.4, 0.5) is 5.69 Å². The third-order valence-electron chi connectivity index (χ3n) is 4.27. The number of hydrogen-bond acceptors (Lipinski definition) is 8. The lowest BCUT2D eigenvalue weighted by Crippen LogP contribution is -2.46. The highest BCUT2D eigenvalue weighted by Gasteiger charge is 2.38. The van der Waals surface area contributed by atoms with Crippen LogP contribution in [0.25, 0.3) is 5.76 Å². The quantitative estimate of drug-likeness (QED) is 0.160. The largest absolute Gasteiger partial charge is 0.506 e. The molecule has 2 aromatic carbocycles. The molecule has 3 N–H and O–H groups in total. The van der Waals surface area contributed by atoms with Crippen molar-refractivity contribution in [1.29, 1.82) is 5.26 Å². The SMILES string of the molecule is N#CC(C(=O)NN1C(=O)c2ccc(C(=O)O)cc2C1=O)=C(O)c1ccc([N+](=O)[O-])cc1. The summed E-state index contributed by atoms with van der Waals surface area (Å²) in [6.07, 6.45) is 0. The number of non-ortho nitro benzene ring substituents is 1. The predicted molar refractivity (Wildman–Crippen MR) is 100 cm³/mol. The summed E-state index contributed by atoms with van der Waals surface area (Å²) in [5, 5.41) is 39.5. The number of fused-ring (bicyclic) bond motifs is 1. The molecule has 3 rings (SSSR count). The Bertz CT molecular complexity index is 1240.